The lowest BCUT2D eigenvalue weighted by Gasteiger charge is -2.12. The quantitative estimate of drug-likeness (QED) is 0.630. The van der Waals surface area contributed by atoms with Crippen molar-refractivity contribution in [2.75, 3.05) is 7.11 Å². The minimum Gasteiger partial charge on any atom is -0.479 e. The van der Waals surface area contributed by atoms with Crippen LogP contribution in [-0.2, 0) is 9.53 Å². The zero-order valence-corrected chi connectivity index (χ0v) is 14.2. The lowest BCUT2D eigenvalue weighted by molar-refractivity contribution is -0.147. The van der Waals surface area contributed by atoms with Crippen LogP contribution in [-0.4, -0.2) is 25.0 Å². The summed E-state index contributed by atoms with van der Waals surface area (Å²) >= 11 is 0. The number of hydrogen-bond acceptors (Lipinski definition) is 5. The number of allylic oxidation sites excluding steroid dienone is 1. The summed E-state index contributed by atoms with van der Waals surface area (Å²) in [6.45, 7) is 3.56. The Kier molecular flexibility index (Phi) is 4.57. The molecule has 0 spiro atoms. The molecule has 1 atom stereocenters. The van der Waals surface area contributed by atoms with Crippen molar-refractivity contribution in [3.8, 4) is 11.5 Å². The first kappa shape index (κ1) is 16.8. The Labute approximate surface area is 145 Å². The summed E-state index contributed by atoms with van der Waals surface area (Å²) in [4.78, 5) is 23.9. The van der Waals surface area contributed by atoms with Crippen LogP contribution in [0.2, 0.25) is 0 Å². The molecule has 1 aliphatic heterocycles. The van der Waals surface area contributed by atoms with E-state index in [0.717, 1.165) is 11.1 Å². The van der Waals surface area contributed by atoms with Crippen LogP contribution in [0.3, 0.4) is 0 Å². The van der Waals surface area contributed by atoms with Crippen LogP contribution in [0.25, 0.3) is 6.08 Å². The maximum atomic E-state index is 12.5. The van der Waals surface area contributed by atoms with Gasteiger partial charge >= 0.3 is 5.97 Å². The van der Waals surface area contributed by atoms with Crippen molar-refractivity contribution in [1.82, 2.24) is 0 Å². The molecule has 1 aliphatic rings. The van der Waals surface area contributed by atoms with Crippen LogP contribution >= 0.6 is 0 Å². The Bertz CT molecular complexity index is 866. The second kappa shape index (κ2) is 6.81. The highest BCUT2D eigenvalue weighted by Crippen LogP contribution is 2.35. The van der Waals surface area contributed by atoms with Gasteiger partial charge in [0.25, 0.3) is 0 Å². The molecule has 25 heavy (non-hydrogen) atoms. The Balaban J connectivity index is 1.84. The average molecular weight is 338 g/mol. The molecule has 2 aromatic carbocycles. The molecule has 0 saturated heterocycles. The van der Waals surface area contributed by atoms with Crippen molar-refractivity contribution in [3.05, 3.63) is 64.9 Å². The summed E-state index contributed by atoms with van der Waals surface area (Å²) in [6, 6.07) is 12.6. The second-order valence-corrected chi connectivity index (χ2v) is 5.74. The van der Waals surface area contributed by atoms with E-state index in [-0.39, 0.29) is 11.5 Å². The fourth-order valence-corrected chi connectivity index (χ4v) is 2.55. The van der Waals surface area contributed by atoms with Gasteiger partial charge in [-0.3, -0.25) is 4.79 Å². The number of hydrogen-bond donors (Lipinski definition) is 0. The summed E-state index contributed by atoms with van der Waals surface area (Å²) in [5.41, 5.74) is 2.45. The smallest absolute Gasteiger partial charge is 0.346 e. The molecule has 0 aromatic heterocycles. The first-order chi connectivity index (χ1) is 12.0. The number of carbonyl (C=O) groups excluding carboxylic acids is 2. The van der Waals surface area contributed by atoms with Crippen LogP contribution in [0.4, 0.5) is 0 Å². The summed E-state index contributed by atoms with van der Waals surface area (Å²) in [6.07, 6.45) is 0.983. The van der Waals surface area contributed by atoms with Gasteiger partial charge in [-0.2, -0.15) is 0 Å². The van der Waals surface area contributed by atoms with E-state index < -0.39 is 12.1 Å². The summed E-state index contributed by atoms with van der Waals surface area (Å²) < 4.78 is 15.8. The SMILES string of the molecule is COC(=O)[C@H](C)Oc1ccc2c(c1)O/C(=C\c1ccccc1C)C2=O. The highest BCUT2D eigenvalue weighted by atomic mass is 16.6. The van der Waals surface area contributed by atoms with E-state index in [0.29, 0.717) is 17.1 Å². The van der Waals surface area contributed by atoms with Crippen molar-refractivity contribution in [2.45, 2.75) is 20.0 Å². The molecule has 0 fully saturated rings. The van der Waals surface area contributed by atoms with Crippen molar-refractivity contribution in [3.63, 3.8) is 0 Å². The van der Waals surface area contributed by atoms with Gasteiger partial charge in [0.05, 0.1) is 12.7 Å². The zero-order valence-electron chi connectivity index (χ0n) is 14.2. The first-order valence-corrected chi connectivity index (χ1v) is 7.88. The maximum absolute atomic E-state index is 12.5. The topological polar surface area (TPSA) is 61.8 Å². The largest absolute Gasteiger partial charge is 0.479 e. The number of rotatable bonds is 4. The molecule has 0 bridgehead atoms. The molecule has 2 aromatic rings. The second-order valence-electron chi connectivity index (χ2n) is 5.74. The van der Waals surface area contributed by atoms with Crippen LogP contribution < -0.4 is 9.47 Å². The van der Waals surface area contributed by atoms with Crippen LogP contribution in [0.1, 0.15) is 28.4 Å². The van der Waals surface area contributed by atoms with Gasteiger partial charge in [-0.25, -0.2) is 4.79 Å². The highest BCUT2D eigenvalue weighted by molar-refractivity contribution is 6.14. The van der Waals surface area contributed by atoms with Crippen molar-refractivity contribution in [1.29, 1.82) is 0 Å². The van der Waals surface area contributed by atoms with Crippen LogP contribution in [0.5, 0.6) is 11.5 Å². The number of benzene rings is 2. The van der Waals surface area contributed by atoms with Gasteiger partial charge in [0.2, 0.25) is 5.78 Å². The monoisotopic (exact) mass is 338 g/mol. The van der Waals surface area contributed by atoms with Crippen LogP contribution in [0, 0.1) is 6.92 Å². The van der Waals surface area contributed by atoms with E-state index in [1.807, 2.05) is 31.2 Å². The minimum absolute atomic E-state index is 0.175. The molecule has 0 aliphatic carbocycles. The number of fused-ring (bicyclic) bond motifs is 1. The molecule has 0 radical (unpaired) electrons. The van der Waals surface area contributed by atoms with E-state index >= 15 is 0 Å². The fourth-order valence-electron chi connectivity index (χ4n) is 2.55. The fraction of sp³-hybridized carbons (Fsp3) is 0.200. The molecule has 3 rings (SSSR count). The summed E-state index contributed by atoms with van der Waals surface area (Å²) in [5.74, 6) is 0.465. The van der Waals surface area contributed by atoms with Gasteiger partial charge in [-0.1, -0.05) is 24.3 Å². The predicted molar refractivity (Wildman–Crippen MR) is 92.7 cm³/mol. The molecule has 1 heterocycles. The molecule has 0 amide bonds. The number of ketones is 1. The molecular formula is C20H18O5. The van der Waals surface area contributed by atoms with Gasteiger partial charge in [0.1, 0.15) is 11.5 Å². The Morgan fingerprint density at radius 3 is 2.68 bits per heavy atom. The Hall–Kier alpha value is -3.08. The minimum atomic E-state index is -0.748. The lowest BCUT2D eigenvalue weighted by Crippen LogP contribution is -2.24. The van der Waals surface area contributed by atoms with Gasteiger partial charge in [0.15, 0.2) is 11.9 Å². The van der Waals surface area contributed by atoms with E-state index in [1.54, 1.807) is 31.2 Å². The van der Waals surface area contributed by atoms with Gasteiger partial charge in [0, 0.05) is 6.07 Å². The molecule has 5 nitrogen and oxygen atoms in total. The third-order valence-electron chi connectivity index (χ3n) is 3.96. The summed E-state index contributed by atoms with van der Waals surface area (Å²) in [7, 11) is 1.30. The van der Waals surface area contributed by atoms with Gasteiger partial charge < -0.3 is 14.2 Å². The van der Waals surface area contributed by atoms with E-state index in [1.165, 1.54) is 7.11 Å². The highest BCUT2D eigenvalue weighted by Gasteiger charge is 2.28. The van der Waals surface area contributed by atoms with Gasteiger partial charge in [-0.05, 0) is 43.2 Å². The van der Waals surface area contributed by atoms with Crippen molar-refractivity contribution < 1.29 is 23.8 Å². The van der Waals surface area contributed by atoms with Crippen molar-refractivity contribution in [2.24, 2.45) is 0 Å². The van der Waals surface area contributed by atoms with E-state index in [9.17, 15) is 9.59 Å². The molecule has 0 unspecified atom stereocenters. The maximum Gasteiger partial charge on any atom is 0.346 e. The van der Waals surface area contributed by atoms with E-state index in [4.69, 9.17) is 9.47 Å². The van der Waals surface area contributed by atoms with Crippen molar-refractivity contribution >= 4 is 17.8 Å². The number of Topliss-reactive ketones (excluding diaryl/α,β-unsaturated/α-hetero) is 1. The Morgan fingerprint density at radius 1 is 1.20 bits per heavy atom. The van der Waals surface area contributed by atoms with Gasteiger partial charge in [-0.15, -0.1) is 0 Å². The number of methoxy groups -OCH3 is 1. The number of ether oxygens (including phenoxy) is 3. The molecule has 5 heteroatoms. The lowest BCUT2D eigenvalue weighted by atomic mass is 10.1. The molecule has 0 saturated carbocycles. The number of carbonyl (C=O) groups is 2. The molecular weight excluding hydrogens is 320 g/mol. The molecule has 0 N–H and O–H groups in total. The summed E-state index contributed by atoms with van der Waals surface area (Å²) in [5, 5.41) is 0. The molecule has 128 valence electrons. The third kappa shape index (κ3) is 3.40. The zero-order chi connectivity index (χ0) is 18.0. The first-order valence-electron chi connectivity index (χ1n) is 7.88. The van der Waals surface area contributed by atoms with E-state index in [2.05, 4.69) is 4.74 Å². The Morgan fingerprint density at radius 2 is 1.96 bits per heavy atom. The third-order valence-corrected chi connectivity index (χ3v) is 3.96. The standard InChI is InChI=1S/C20H18O5/c1-12-6-4-5-7-14(12)10-18-19(21)16-9-8-15(11-17(16)25-18)24-13(2)20(22)23-3/h4-11,13H,1-3H3/b18-10-/t13-/m0/s1. The number of esters is 1. The average Bonchev–Trinajstić information content (AvgIpc) is 2.91. The number of aryl methyl sites for hydroxylation is 1. The normalized spacial score (nSPS) is 15.5. The van der Waals surface area contributed by atoms with Crippen LogP contribution in [0.15, 0.2) is 48.2 Å². The predicted octanol–water partition coefficient (Wildman–Crippen LogP) is 3.55.